The van der Waals surface area contributed by atoms with Crippen molar-refractivity contribution in [2.45, 2.75) is 102 Å². The minimum absolute atomic E-state index is 0.341. The molecule has 2 aromatic rings. The van der Waals surface area contributed by atoms with E-state index in [1.54, 1.807) is 23.9 Å². The van der Waals surface area contributed by atoms with Crippen LogP contribution in [0.2, 0.25) is 0 Å². The number of aromatic nitrogens is 2. The van der Waals surface area contributed by atoms with Crippen molar-refractivity contribution in [3.63, 3.8) is 0 Å². The molecule has 4 nitrogen and oxygen atoms in total. The van der Waals surface area contributed by atoms with Gasteiger partial charge in [-0.25, -0.2) is 9.97 Å². The number of carbonyl (C=O) groups excluding carboxylic acids is 1. The second-order valence-corrected chi connectivity index (χ2v) is 10.9. The highest BCUT2D eigenvalue weighted by Crippen LogP contribution is 2.24. The Morgan fingerprint density at radius 2 is 1.44 bits per heavy atom. The third kappa shape index (κ3) is 11.7. The molecular formula is C28H41ClN2O2S. The number of nitrogens with zero attached hydrogens (tertiary/aromatic N) is 2. The van der Waals surface area contributed by atoms with Crippen LogP contribution in [0.3, 0.4) is 0 Å². The lowest BCUT2D eigenvalue weighted by Gasteiger charge is -2.11. The molecule has 0 spiro atoms. The Bertz CT molecular complexity index is 812. The van der Waals surface area contributed by atoms with Gasteiger partial charge in [-0.15, -0.1) is 11.6 Å². The molecule has 0 bridgehead atoms. The monoisotopic (exact) mass is 504 g/mol. The summed E-state index contributed by atoms with van der Waals surface area (Å²) in [6.07, 6.45) is 17.8. The summed E-state index contributed by atoms with van der Waals surface area (Å²) in [5.41, 5.74) is 1.92. The molecule has 0 aliphatic heterocycles. The van der Waals surface area contributed by atoms with Crippen LogP contribution in [0.25, 0.3) is 11.1 Å². The number of alkyl halides is 1. The standard InChI is InChI=1S/C28H41ClN2O2S/c1-4-5-6-7-8-9-10-11-12-13-18-34-28-30-20-24(21-31-28)23-14-16-25(17-15-23)33-27(32)26(29)19-22(2)3/h14-17,20-22,26H,4-13,18-19H2,1-3H3/t26-/m0/s1. The van der Waals surface area contributed by atoms with Crippen LogP contribution in [0.4, 0.5) is 0 Å². The molecule has 1 aromatic heterocycles. The lowest BCUT2D eigenvalue weighted by Crippen LogP contribution is -2.22. The fraction of sp³-hybridized carbons (Fsp3) is 0.607. The van der Waals surface area contributed by atoms with Gasteiger partial charge in [-0.05, 0) is 36.5 Å². The summed E-state index contributed by atoms with van der Waals surface area (Å²) < 4.78 is 5.39. The molecule has 0 saturated heterocycles. The lowest BCUT2D eigenvalue weighted by molar-refractivity contribution is -0.134. The van der Waals surface area contributed by atoms with Crippen LogP contribution in [0, 0.1) is 5.92 Å². The van der Waals surface area contributed by atoms with Gasteiger partial charge in [0.2, 0.25) is 0 Å². The van der Waals surface area contributed by atoms with Gasteiger partial charge in [-0.1, -0.05) is 102 Å². The van der Waals surface area contributed by atoms with Gasteiger partial charge in [-0.3, -0.25) is 4.79 Å². The van der Waals surface area contributed by atoms with E-state index in [9.17, 15) is 4.79 Å². The molecule has 34 heavy (non-hydrogen) atoms. The Balaban J connectivity index is 1.66. The average molecular weight is 505 g/mol. The van der Waals surface area contributed by atoms with E-state index in [0.717, 1.165) is 22.0 Å². The number of rotatable bonds is 17. The fourth-order valence-corrected chi connectivity index (χ4v) is 4.88. The number of thioether (sulfide) groups is 1. The van der Waals surface area contributed by atoms with Crippen molar-refractivity contribution in [1.82, 2.24) is 9.97 Å². The molecule has 2 rings (SSSR count). The zero-order valence-electron chi connectivity index (χ0n) is 21.1. The number of unbranched alkanes of at least 4 members (excludes halogenated alkanes) is 9. The normalized spacial score (nSPS) is 12.1. The van der Waals surface area contributed by atoms with Gasteiger partial charge in [0.05, 0.1) is 0 Å². The SMILES string of the molecule is CCCCCCCCCCCCSc1ncc(-c2ccc(OC(=O)[C@@H](Cl)CC(C)C)cc2)cn1. The maximum atomic E-state index is 12.1. The molecule has 188 valence electrons. The zero-order valence-corrected chi connectivity index (χ0v) is 22.7. The third-order valence-corrected chi connectivity index (χ3v) is 7.02. The summed E-state index contributed by atoms with van der Waals surface area (Å²) in [7, 11) is 0. The Morgan fingerprint density at radius 3 is 2.00 bits per heavy atom. The minimum atomic E-state index is -0.626. The number of benzene rings is 1. The number of ether oxygens (including phenoxy) is 1. The van der Waals surface area contributed by atoms with E-state index in [1.165, 1.54) is 64.2 Å². The van der Waals surface area contributed by atoms with Crippen molar-refractivity contribution in [3.8, 4) is 16.9 Å². The maximum Gasteiger partial charge on any atom is 0.329 e. The molecule has 0 N–H and O–H groups in total. The first-order valence-corrected chi connectivity index (χ1v) is 14.3. The Hall–Kier alpha value is -1.59. The van der Waals surface area contributed by atoms with Gasteiger partial charge in [0.25, 0.3) is 0 Å². The van der Waals surface area contributed by atoms with E-state index in [2.05, 4.69) is 16.9 Å². The van der Waals surface area contributed by atoms with Crippen LogP contribution in [0.1, 0.15) is 91.4 Å². The van der Waals surface area contributed by atoms with Crippen LogP contribution in [0.15, 0.2) is 41.8 Å². The number of carbonyl (C=O) groups is 1. The molecule has 0 aliphatic rings. The summed E-state index contributed by atoms with van der Waals surface area (Å²) >= 11 is 7.84. The lowest BCUT2D eigenvalue weighted by atomic mass is 10.1. The predicted molar refractivity (Wildman–Crippen MR) is 145 cm³/mol. The molecule has 0 radical (unpaired) electrons. The Kier molecular flexibility index (Phi) is 14.3. The van der Waals surface area contributed by atoms with Crippen LogP contribution in [-0.2, 0) is 4.79 Å². The van der Waals surface area contributed by atoms with E-state index in [0.29, 0.717) is 18.1 Å². The summed E-state index contributed by atoms with van der Waals surface area (Å²) in [6.45, 7) is 6.33. The number of esters is 1. The number of halogens is 1. The highest BCUT2D eigenvalue weighted by Gasteiger charge is 2.19. The molecule has 1 aromatic carbocycles. The van der Waals surface area contributed by atoms with Crippen molar-refractivity contribution < 1.29 is 9.53 Å². The average Bonchev–Trinajstić information content (AvgIpc) is 2.83. The number of hydrogen-bond acceptors (Lipinski definition) is 5. The maximum absolute atomic E-state index is 12.1. The summed E-state index contributed by atoms with van der Waals surface area (Å²) in [5, 5.41) is 0.196. The second kappa shape index (κ2) is 16.9. The van der Waals surface area contributed by atoms with Crippen molar-refractivity contribution >= 4 is 29.3 Å². The van der Waals surface area contributed by atoms with Gasteiger partial charge in [0.1, 0.15) is 11.1 Å². The topological polar surface area (TPSA) is 52.1 Å². The van der Waals surface area contributed by atoms with Gasteiger partial charge < -0.3 is 4.74 Å². The first-order valence-electron chi connectivity index (χ1n) is 12.9. The minimum Gasteiger partial charge on any atom is -0.425 e. The fourth-order valence-electron chi connectivity index (χ4n) is 3.70. The molecule has 6 heteroatoms. The van der Waals surface area contributed by atoms with E-state index in [1.807, 2.05) is 38.4 Å². The van der Waals surface area contributed by atoms with E-state index >= 15 is 0 Å². The highest BCUT2D eigenvalue weighted by atomic mass is 35.5. The van der Waals surface area contributed by atoms with Gasteiger partial charge >= 0.3 is 5.97 Å². The first kappa shape index (κ1) is 28.6. The molecule has 0 fully saturated rings. The van der Waals surface area contributed by atoms with Crippen molar-refractivity contribution in [2.24, 2.45) is 5.92 Å². The van der Waals surface area contributed by atoms with Gasteiger partial charge in [-0.2, -0.15) is 0 Å². The second-order valence-electron chi connectivity index (χ2n) is 9.33. The van der Waals surface area contributed by atoms with Crippen molar-refractivity contribution in [2.75, 3.05) is 5.75 Å². The van der Waals surface area contributed by atoms with Crippen LogP contribution < -0.4 is 4.74 Å². The Morgan fingerprint density at radius 1 is 0.882 bits per heavy atom. The summed E-state index contributed by atoms with van der Waals surface area (Å²) in [5.74, 6) is 1.49. The smallest absolute Gasteiger partial charge is 0.329 e. The van der Waals surface area contributed by atoms with E-state index < -0.39 is 11.3 Å². The highest BCUT2D eigenvalue weighted by molar-refractivity contribution is 7.99. The molecular weight excluding hydrogens is 464 g/mol. The zero-order chi connectivity index (χ0) is 24.6. The number of hydrogen-bond donors (Lipinski definition) is 0. The van der Waals surface area contributed by atoms with E-state index in [4.69, 9.17) is 16.3 Å². The third-order valence-electron chi connectivity index (χ3n) is 5.70. The van der Waals surface area contributed by atoms with E-state index in [-0.39, 0.29) is 0 Å². The molecule has 0 aliphatic carbocycles. The van der Waals surface area contributed by atoms with Crippen LogP contribution in [-0.4, -0.2) is 27.1 Å². The van der Waals surface area contributed by atoms with Crippen LogP contribution in [0.5, 0.6) is 5.75 Å². The molecule has 1 heterocycles. The molecule has 1 atom stereocenters. The molecule has 0 saturated carbocycles. The van der Waals surface area contributed by atoms with Crippen molar-refractivity contribution in [1.29, 1.82) is 0 Å². The van der Waals surface area contributed by atoms with Crippen molar-refractivity contribution in [3.05, 3.63) is 36.7 Å². The molecule has 0 amide bonds. The molecule has 0 unspecified atom stereocenters. The summed E-state index contributed by atoms with van der Waals surface area (Å²) in [4.78, 5) is 21.1. The summed E-state index contributed by atoms with van der Waals surface area (Å²) in [6, 6.07) is 7.37. The Labute approximate surface area is 215 Å². The first-order chi connectivity index (χ1) is 16.5. The predicted octanol–water partition coefficient (Wildman–Crippen LogP) is 8.72. The van der Waals surface area contributed by atoms with Crippen LogP contribution >= 0.6 is 23.4 Å². The largest absolute Gasteiger partial charge is 0.425 e. The van der Waals surface area contributed by atoms with Gasteiger partial charge in [0, 0.05) is 23.7 Å². The quantitative estimate of drug-likeness (QED) is 0.0538. The van der Waals surface area contributed by atoms with Gasteiger partial charge in [0.15, 0.2) is 5.16 Å².